The van der Waals surface area contributed by atoms with Crippen molar-refractivity contribution in [2.24, 2.45) is 11.8 Å². The highest BCUT2D eigenvalue weighted by atomic mass is 16.2. The van der Waals surface area contributed by atoms with Gasteiger partial charge in [-0.15, -0.1) is 0 Å². The molecule has 1 N–H and O–H groups in total. The van der Waals surface area contributed by atoms with E-state index in [0.29, 0.717) is 24.9 Å². The molecule has 138 valence electrons. The van der Waals surface area contributed by atoms with E-state index in [1.54, 1.807) is 23.9 Å². The molecule has 1 aliphatic carbocycles. The van der Waals surface area contributed by atoms with Crippen LogP contribution in [0.2, 0.25) is 0 Å². The number of nitrogens with zero attached hydrogens (tertiary/aromatic N) is 4. The van der Waals surface area contributed by atoms with Crippen LogP contribution in [-0.2, 0) is 4.79 Å². The predicted octanol–water partition coefficient (Wildman–Crippen LogP) is 0.873. The average molecular weight is 347 g/mol. The topological polar surface area (TPSA) is 79.7 Å². The van der Waals surface area contributed by atoms with Crippen LogP contribution in [0.3, 0.4) is 0 Å². The Morgan fingerprint density at radius 2 is 1.92 bits per heavy atom. The number of amides is 3. The van der Waals surface area contributed by atoms with E-state index in [-0.39, 0.29) is 23.5 Å². The van der Waals surface area contributed by atoms with E-state index in [1.807, 2.05) is 4.90 Å². The molecule has 2 saturated heterocycles. The van der Waals surface area contributed by atoms with E-state index >= 15 is 0 Å². The fraction of sp³-hybridized carbons (Fsp3) is 0.833. The van der Waals surface area contributed by atoms with Crippen LogP contribution < -0.4 is 5.32 Å². The summed E-state index contributed by atoms with van der Waals surface area (Å²) in [6.07, 6.45) is 3.69. The molecule has 2 heterocycles. The van der Waals surface area contributed by atoms with Gasteiger partial charge in [-0.05, 0) is 44.4 Å². The van der Waals surface area contributed by atoms with E-state index in [4.69, 9.17) is 5.26 Å². The van der Waals surface area contributed by atoms with Crippen molar-refractivity contribution in [3.05, 3.63) is 0 Å². The van der Waals surface area contributed by atoms with Crippen LogP contribution in [0.5, 0.6) is 0 Å². The Hall–Kier alpha value is -1.81. The Balaban J connectivity index is 1.50. The molecule has 3 amide bonds. The van der Waals surface area contributed by atoms with Gasteiger partial charge in [-0.1, -0.05) is 0 Å². The SMILES string of the molecule is CN(C)C(=O)N1C[C@@H]2C[C@](C)(NCC(=O)N3CCC[C@H]3C#N)C[C@@H]2C1. The smallest absolute Gasteiger partial charge is 0.319 e. The summed E-state index contributed by atoms with van der Waals surface area (Å²) in [6.45, 7) is 4.81. The van der Waals surface area contributed by atoms with Gasteiger partial charge < -0.3 is 20.0 Å². The number of carbonyl (C=O) groups excluding carboxylic acids is 2. The second kappa shape index (κ2) is 6.83. The number of hydrogen-bond acceptors (Lipinski definition) is 4. The molecular formula is C18H29N5O2. The largest absolute Gasteiger partial charge is 0.331 e. The summed E-state index contributed by atoms with van der Waals surface area (Å²) in [5.74, 6) is 1.05. The summed E-state index contributed by atoms with van der Waals surface area (Å²) < 4.78 is 0. The third-order valence-electron chi connectivity index (χ3n) is 6.04. The predicted molar refractivity (Wildman–Crippen MR) is 93.6 cm³/mol. The highest BCUT2D eigenvalue weighted by molar-refractivity contribution is 5.79. The van der Waals surface area contributed by atoms with E-state index in [1.165, 1.54) is 0 Å². The van der Waals surface area contributed by atoms with Gasteiger partial charge in [0.05, 0.1) is 12.6 Å². The van der Waals surface area contributed by atoms with Gasteiger partial charge in [0.15, 0.2) is 0 Å². The van der Waals surface area contributed by atoms with E-state index in [9.17, 15) is 9.59 Å². The molecule has 2 aliphatic heterocycles. The molecule has 3 aliphatic rings. The molecule has 3 rings (SSSR count). The van der Waals surface area contributed by atoms with Gasteiger partial charge in [-0.3, -0.25) is 4.79 Å². The maximum absolute atomic E-state index is 12.4. The standard InChI is InChI=1S/C18H29N5O2/c1-18(20-10-16(24)23-6-4-5-15(23)9-19)7-13-11-22(12-14(13)8-18)17(25)21(2)3/h13-15,20H,4-8,10-12H2,1-3H3/t13-,14+,15-,18-/m0/s1. The quantitative estimate of drug-likeness (QED) is 0.822. The zero-order chi connectivity index (χ0) is 18.2. The molecule has 4 atom stereocenters. The van der Waals surface area contributed by atoms with Crippen molar-refractivity contribution in [2.45, 2.75) is 44.2 Å². The Morgan fingerprint density at radius 1 is 1.28 bits per heavy atom. The maximum atomic E-state index is 12.4. The van der Waals surface area contributed by atoms with Crippen molar-refractivity contribution in [3.8, 4) is 6.07 Å². The molecule has 7 heteroatoms. The number of fused-ring (bicyclic) bond motifs is 1. The highest BCUT2D eigenvalue weighted by Crippen LogP contribution is 2.43. The van der Waals surface area contributed by atoms with Gasteiger partial charge >= 0.3 is 6.03 Å². The molecule has 1 saturated carbocycles. The average Bonchev–Trinajstić information content (AvgIpc) is 3.24. The van der Waals surface area contributed by atoms with Crippen LogP contribution in [0, 0.1) is 23.2 Å². The molecule has 0 aromatic carbocycles. The van der Waals surface area contributed by atoms with Gasteiger partial charge in [0.25, 0.3) is 0 Å². The Bertz CT molecular complexity index is 571. The summed E-state index contributed by atoms with van der Waals surface area (Å²) in [5.41, 5.74) is -0.0554. The normalized spacial score (nSPS) is 34.1. The summed E-state index contributed by atoms with van der Waals surface area (Å²) in [6, 6.07) is 2.06. The first-order chi connectivity index (χ1) is 11.8. The van der Waals surface area contributed by atoms with Gasteiger partial charge in [0.1, 0.15) is 6.04 Å². The van der Waals surface area contributed by atoms with Crippen LogP contribution in [0.15, 0.2) is 0 Å². The van der Waals surface area contributed by atoms with Crippen molar-refractivity contribution in [1.82, 2.24) is 20.0 Å². The van der Waals surface area contributed by atoms with Gasteiger partial charge in [-0.2, -0.15) is 5.26 Å². The lowest BCUT2D eigenvalue weighted by Crippen LogP contribution is -2.48. The van der Waals surface area contributed by atoms with E-state index < -0.39 is 0 Å². The van der Waals surface area contributed by atoms with Crippen molar-refractivity contribution in [1.29, 1.82) is 5.26 Å². The Kier molecular flexibility index (Phi) is 4.92. The molecule has 25 heavy (non-hydrogen) atoms. The maximum Gasteiger partial charge on any atom is 0.319 e. The highest BCUT2D eigenvalue weighted by Gasteiger charge is 2.48. The number of rotatable bonds is 3. The third kappa shape index (κ3) is 3.59. The fourth-order valence-corrected chi connectivity index (χ4v) is 4.82. The number of likely N-dealkylation sites (tertiary alicyclic amines) is 2. The summed E-state index contributed by atoms with van der Waals surface area (Å²) in [7, 11) is 3.58. The first-order valence-corrected chi connectivity index (χ1v) is 9.23. The number of nitriles is 1. The van der Waals surface area contributed by atoms with Gasteiger partial charge in [-0.25, -0.2) is 4.79 Å². The monoisotopic (exact) mass is 347 g/mol. The van der Waals surface area contributed by atoms with Crippen LogP contribution >= 0.6 is 0 Å². The molecule has 7 nitrogen and oxygen atoms in total. The fourth-order valence-electron chi connectivity index (χ4n) is 4.82. The van der Waals surface area contributed by atoms with Crippen LogP contribution in [0.1, 0.15) is 32.6 Å². The summed E-state index contributed by atoms with van der Waals surface area (Å²) in [5, 5.41) is 12.6. The minimum absolute atomic E-state index is 0.0340. The molecule has 0 radical (unpaired) electrons. The second-order valence-electron chi connectivity index (χ2n) is 8.30. The van der Waals surface area contributed by atoms with Gasteiger partial charge in [0.2, 0.25) is 5.91 Å². The van der Waals surface area contributed by atoms with E-state index in [2.05, 4.69) is 18.3 Å². The van der Waals surface area contributed by atoms with Crippen molar-refractivity contribution in [2.75, 3.05) is 40.3 Å². The number of hydrogen-bond donors (Lipinski definition) is 1. The lowest BCUT2D eigenvalue weighted by molar-refractivity contribution is -0.130. The molecule has 0 unspecified atom stereocenters. The van der Waals surface area contributed by atoms with Gasteiger partial charge in [0, 0.05) is 39.3 Å². The van der Waals surface area contributed by atoms with Crippen molar-refractivity contribution in [3.63, 3.8) is 0 Å². The molecule has 0 bridgehead atoms. The molecule has 3 fully saturated rings. The zero-order valence-corrected chi connectivity index (χ0v) is 15.5. The van der Waals surface area contributed by atoms with Crippen LogP contribution in [0.25, 0.3) is 0 Å². The number of urea groups is 1. The molecule has 0 aromatic rings. The van der Waals surface area contributed by atoms with Crippen molar-refractivity contribution < 1.29 is 9.59 Å². The second-order valence-corrected chi connectivity index (χ2v) is 8.30. The first kappa shape index (κ1) is 18.0. The number of carbonyl (C=O) groups is 2. The summed E-state index contributed by atoms with van der Waals surface area (Å²) in [4.78, 5) is 29.8. The lowest BCUT2D eigenvalue weighted by Gasteiger charge is -2.30. The molecular weight excluding hydrogens is 318 g/mol. The third-order valence-corrected chi connectivity index (χ3v) is 6.04. The van der Waals surface area contributed by atoms with Crippen LogP contribution in [-0.4, -0.2) is 78.5 Å². The minimum Gasteiger partial charge on any atom is -0.331 e. The molecule has 0 spiro atoms. The first-order valence-electron chi connectivity index (χ1n) is 9.23. The Morgan fingerprint density at radius 3 is 2.48 bits per heavy atom. The lowest BCUT2D eigenvalue weighted by atomic mass is 9.98. The van der Waals surface area contributed by atoms with Crippen molar-refractivity contribution >= 4 is 11.9 Å². The zero-order valence-electron chi connectivity index (χ0n) is 15.5. The summed E-state index contributed by atoms with van der Waals surface area (Å²) >= 11 is 0. The van der Waals surface area contributed by atoms with E-state index in [0.717, 1.165) is 38.8 Å². The molecule has 0 aromatic heterocycles. The minimum atomic E-state index is -0.254. The Labute approximate surface area is 149 Å². The van der Waals surface area contributed by atoms with Crippen LogP contribution in [0.4, 0.5) is 4.79 Å². The number of nitrogens with one attached hydrogen (secondary N) is 1.